The highest BCUT2D eigenvalue weighted by Crippen LogP contribution is 2.24. The van der Waals surface area contributed by atoms with Crippen LogP contribution in [0.4, 0.5) is 0 Å². The van der Waals surface area contributed by atoms with Gasteiger partial charge in [-0.3, -0.25) is 0 Å². The van der Waals surface area contributed by atoms with E-state index in [1.165, 1.54) is 5.56 Å². The third-order valence-electron chi connectivity index (χ3n) is 2.95. The lowest BCUT2D eigenvalue weighted by molar-refractivity contribution is 0.0691. The van der Waals surface area contributed by atoms with E-state index in [1.807, 2.05) is 44.2 Å². The molecule has 0 saturated carbocycles. The van der Waals surface area contributed by atoms with E-state index in [-0.39, 0.29) is 5.56 Å². The summed E-state index contributed by atoms with van der Waals surface area (Å²) < 4.78 is 5.67. The fourth-order valence-electron chi connectivity index (χ4n) is 1.85. The molecule has 0 saturated heterocycles. The van der Waals surface area contributed by atoms with Crippen LogP contribution in [0.1, 0.15) is 27.0 Å². The molecule has 0 amide bonds. The van der Waals surface area contributed by atoms with Gasteiger partial charge in [-0.1, -0.05) is 42.0 Å². The standard InChI is InChI=1S/C16H16O3/c1-11-6-8-13(9-7-11)10-19-15-12(2)4-3-5-14(15)16(17)18/h3-9H,10H2,1-2H3,(H,17,18). The fourth-order valence-corrected chi connectivity index (χ4v) is 1.85. The van der Waals surface area contributed by atoms with Crippen LogP contribution in [0.3, 0.4) is 0 Å². The predicted octanol–water partition coefficient (Wildman–Crippen LogP) is 3.58. The zero-order chi connectivity index (χ0) is 13.8. The van der Waals surface area contributed by atoms with Crippen LogP contribution < -0.4 is 4.74 Å². The number of carboxylic acid groups (broad SMARTS) is 1. The van der Waals surface area contributed by atoms with E-state index < -0.39 is 5.97 Å². The fraction of sp³-hybridized carbons (Fsp3) is 0.188. The summed E-state index contributed by atoms with van der Waals surface area (Å²) >= 11 is 0. The molecule has 0 aromatic heterocycles. The molecule has 0 bridgehead atoms. The lowest BCUT2D eigenvalue weighted by Crippen LogP contribution is -2.05. The second-order valence-electron chi connectivity index (χ2n) is 4.53. The first-order valence-electron chi connectivity index (χ1n) is 6.09. The van der Waals surface area contributed by atoms with E-state index in [9.17, 15) is 4.79 Å². The van der Waals surface area contributed by atoms with E-state index in [0.29, 0.717) is 12.4 Å². The molecule has 0 aliphatic heterocycles. The van der Waals surface area contributed by atoms with Crippen molar-refractivity contribution in [2.75, 3.05) is 0 Å². The van der Waals surface area contributed by atoms with E-state index in [2.05, 4.69) is 0 Å². The molecule has 3 nitrogen and oxygen atoms in total. The van der Waals surface area contributed by atoms with Crippen molar-refractivity contribution in [1.29, 1.82) is 0 Å². The summed E-state index contributed by atoms with van der Waals surface area (Å²) in [5.74, 6) is -0.529. The van der Waals surface area contributed by atoms with Crippen molar-refractivity contribution >= 4 is 5.97 Å². The molecular formula is C16H16O3. The first-order valence-corrected chi connectivity index (χ1v) is 6.09. The Morgan fingerprint density at radius 1 is 1.11 bits per heavy atom. The maximum absolute atomic E-state index is 11.1. The minimum Gasteiger partial charge on any atom is -0.488 e. The molecular weight excluding hydrogens is 240 g/mol. The molecule has 2 aromatic rings. The number of carboxylic acids is 1. The van der Waals surface area contributed by atoms with Gasteiger partial charge in [0, 0.05) is 0 Å². The smallest absolute Gasteiger partial charge is 0.339 e. The molecule has 0 aliphatic rings. The van der Waals surface area contributed by atoms with Gasteiger partial charge in [0.15, 0.2) is 0 Å². The quantitative estimate of drug-likeness (QED) is 0.909. The maximum Gasteiger partial charge on any atom is 0.339 e. The summed E-state index contributed by atoms with van der Waals surface area (Å²) in [5.41, 5.74) is 3.23. The normalized spacial score (nSPS) is 10.2. The molecule has 2 aromatic carbocycles. The maximum atomic E-state index is 11.1. The minimum atomic E-state index is -0.970. The highest BCUT2D eigenvalue weighted by molar-refractivity contribution is 5.91. The molecule has 1 N–H and O–H groups in total. The highest BCUT2D eigenvalue weighted by Gasteiger charge is 2.13. The highest BCUT2D eigenvalue weighted by atomic mass is 16.5. The number of hydrogen-bond donors (Lipinski definition) is 1. The van der Waals surface area contributed by atoms with Gasteiger partial charge in [-0.25, -0.2) is 4.79 Å². The van der Waals surface area contributed by atoms with Gasteiger partial charge in [0.25, 0.3) is 0 Å². The Morgan fingerprint density at radius 2 is 1.79 bits per heavy atom. The van der Waals surface area contributed by atoms with Crippen molar-refractivity contribution in [1.82, 2.24) is 0 Å². The van der Waals surface area contributed by atoms with Crippen LogP contribution in [0, 0.1) is 13.8 Å². The Bertz CT molecular complexity index is 585. The minimum absolute atomic E-state index is 0.201. The molecule has 0 spiro atoms. The Morgan fingerprint density at radius 3 is 2.42 bits per heavy atom. The number of rotatable bonds is 4. The van der Waals surface area contributed by atoms with E-state index in [4.69, 9.17) is 9.84 Å². The number of carbonyl (C=O) groups is 1. The summed E-state index contributed by atoms with van der Waals surface area (Å²) in [5, 5.41) is 9.14. The number of aromatic carboxylic acids is 1. The first-order chi connectivity index (χ1) is 9.08. The van der Waals surface area contributed by atoms with Crippen molar-refractivity contribution in [3.8, 4) is 5.75 Å². The third kappa shape index (κ3) is 3.13. The van der Waals surface area contributed by atoms with E-state index >= 15 is 0 Å². The number of para-hydroxylation sites is 1. The third-order valence-corrected chi connectivity index (χ3v) is 2.95. The van der Waals surface area contributed by atoms with Crippen molar-refractivity contribution < 1.29 is 14.6 Å². The molecule has 0 aliphatic carbocycles. The van der Waals surface area contributed by atoms with Crippen LogP contribution in [0.5, 0.6) is 5.75 Å². The molecule has 0 unspecified atom stereocenters. The lowest BCUT2D eigenvalue weighted by Gasteiger charge is -2.12. The largest absolute Gasteiger partial charge is 0.488 e. The first kappa shape index (κ1) is 13.1. The zero-order valence-corrected chi connectivity index (χ0v) is 11.0. The van der Waals surface area contributed by atoms with Crippen molar-refractivity contribution in [2.24, 2.45) is 0 Å². The SMILES string of the molecule is Cc1ccc(COc2c(C)cccc2C(=O)O)cc1. The van der Waals surface area contributed by atoms with Gasteiger partial charge in [0.2, 0.25) is 0 Å². The summed E-state index contributed by atoms with van der Waals surface area (Å²) in [6, 6.07) is 13.1. The van der Waals surface area contributed by atoms with E-state index in [1.54, 1.807) is 12.1 Å². The summed E-state index contributed by atoms with van der Waals surface area (Å²) in [6.45, 7) is 4.23. The van der Waals surface area contributed by atoms with Crippen molar-refractivity contribution in [3.63, 3.8) is 0 Å². The summed E-state index contributed by atoms with van der Waals surface area (Å²) in [7, 11) is 0. The second kappa shape index (κ2) is 5.57. The Hall–Kier alpha value is -2.29. The molecule has 0 atom stereocenters. The van der Waals surface area contributed by atoms with Gasteiger partial charge in [0.1, 0.15) is 17.9 Å². The number of hydrogen-bond acceptors (Lipinski definition) is 2. The molecule has 98 valence electrons. The lowest BCUT2D eigenvalue weighted by atomic mass is 10.1. The van der Waals surface area contributed by atoms with Gasteiger partial charge in [0.05, 0.1) is 0 Å². The van der Waals surface area contributed by atoms with Gasteiger partial charge in [-0.05, 0) is 31.0 Å². The average molecular weight is 256 g/mol. The molecule has 3 heteroatoms. The number of ether oxygens (including phenoxy) is 1. The molecule has 19 heavy (non-hydrogen) atoms. The van der Waals surface area contributed by atoms with Gasteiger partial charge in [-0.2, -0.15) is 0 Å². The van der Waals surface area contributed by atoms with Gasteiger partial charge < -0.3 is 9.84 Å². The Balaban J connectivity index is 2.19. The number of benzene rings is 2. The van der Waals surface area contributed by atoms with Gasteiger partial charge >= 0.3 is 5.97 Å². The molecule has 0 heterocycles. The average Bonchev–Trinajstić information content (AvgIpc) is 2.39. The van der Waals surface area contributed by atoms with Crippen LogP contribution in [0.15, 0.2) is 42.5 Å². The van der Waals surface area contributed by atoms with Gasteiger partial charge in [-0.15, -0.1) is 0 Å². The molecule has 0 radical (unpaired) electrons. The van der Waals surface area contributed by atoms with E-state index in [0.717, 1.165) is 11.1 Å². The van der Waals surface area contributed by atoms with Crippen molar-refractivity contribution in [2.45, 2.75) is 20.5 Å². The van der Waals surface area contributed by atoms with Crippen LogP contribution >= 0.6 is 0 Å². The predicted molar refractivity (Wildman–Crippen MR) is 73.6 cm³/mol. The zero-order valence-electron chi connectivity index (χ0n) is 11.0. The Labute approximate surface area is 112 Å². The van der Waals surface area contributed by atoms with Crippen LogP contribution in [0.25, 0.3) is 0 Å². The van der Waals surface area contributed by atoms with Crippen LogP contribution in [-0.2, 0) is 6.61 Å². The monoisotopic (exact) mass is 256 g/mol. The molecule has 2 rings (SSSR count). The van der Waals surface area contributed by atoms with Crippen LogP contribution in [-0.4, -0.2) is 11.1 Å². The topological polar surface area (TPSA) is 46.5 Å². The number of aryl methyl sites for hydroxylation is 2. The molecule has 0 fully saturated rings. The Kier molecular flexibility index (Phi) is 3.85. The second-order valence-corrected chi connectivity index (χ2v) is 4.53. The van der Waals surface area contributed by atoms with Crippen LogP contribution in [0.2, 0.25) is 0 Å². The summed E-state index contributed by atoms with van der Waals surface area (Å²) in [6.07, 6.45) is 0. The summed E-state index contributed by atoms with van der Waals surface area (Å²) in [4.78, 5) is 11.1. The van der Waals surface area contributed by atoms with Crippen molar-refractivity contribution in [3.05, 3.63) is 64.7 Å².